The SMILES string of the molecule is COC(=O)C(CNc1cc(C)ccc1Br)c1ccccc1. The summed E-state index contributed by atoms with van der Waals surface area (Å²) in [5.74, 6) is -0.568. The number of rotatable bonds is 5. The second-order valence-corrected chi connectivity index (χ2v) is 5.70. The molecule has 0 aromatic heterocycles. The van der Waals surface area contributed by atoms with Crippen LogP contribution >= 0.6 is 15.9 Å². The Morgan fingerprint density at radius 3 is 2.62 bits per heavy atom. The number of aryl methyl sites for hydroxylation is 1. The molecular weight excluding hydrogens is 330 g/mol. The molecular formula is C17H18BrNO2. The van der Waals surface area contributed by atoms with E-state index in [1.807, 2.05) is 55.5 Å². The Balaban J connectivity index is 2.16. The zero-order chi connectivity index (χ0) is 15.2. The van der Waals surface area contributed by atoms with Crippen LogP contribution in [0.25, 0.3) is 0 Å². The molecule has 0 saturated carbocycles. The molecule has 0 aliphatic heterocycles. The number of methoxy groups -OCH3 is 1. The molecule has 2 rings (SSSR count). The average Bonchev–Trinajstić information content (AvgIpc) is 2.51. The van der Waals surface area contributed by atoms with Crippen molar-refractivity contribution in [1.82, 2.24) is 0 Å². The normalized spacial score (nSPS) is 11.8. The van der Waals surface area contributed by atoms with Gasteiger partial charge in [-0.3, -0.25) is 4.79 Å². The van der Waals surface area contributed by atoms with Crippen molar-refractivity contribution in [1.29, 1.82) is 0 Å². The number of ether oxygens (including phenoxy) is 1. The van der Waals surface area contributed by atoms with Gasteiger partial charge in [-0.2, -0.15) is 0 Å². The fourth-order valence-corrected chi connectivity index (χ4v) is 2.54. The van der Waals surface area contributed by atoms with Crippen LogP contribution in [0.3, 0.4) is 0 Å². The molecule has 1 N–H and O–H groups in total. The van der Waals surface area contributed by atoms with E-state index in [4.69, 9.17) is 4.74 Å². The molecule has 2 aromatic carbocycles. The van der Waals surface area contributed by atoms with Gasteiger partial charge in [0.1, 0.15) is 0 Å². The highest BCUT2D eigenvalue weighted by Crippen LogP contribution is 2.25. The first-order valence-electron chi connectivity index (χ1n) is 6.74. The van der Waals surface area contributed by atoms with Gasteiger partial charge < -0.3 is 10.1 Å². The van der Waals surface area contributed by atoms with Gasteiger partial charge in [0, 0.05) is 16.7 Å². The Hall–Kier alpha value is -1.81. The van der Waals surface area contributed by atoms with Crippen LogP contribution in [-0.2, 0) is 9.53 Å². The highest BCUT2D eigenvalue weighted by atomic mass is 79.9. The molecule has 0 bridgehead atoms. The van der Waals surface area contributed by atoms with E-state index in [0.29, 0.717) is 6.54 Å². The summed E-state index contributed by atoms with van der Waals surface area (Å²) >= 11 is 3.51. The maximum atomic E-state index is 12.0. The molecule has 3 nitrogen and oxygen atoms in total. The van der Waals surface area contributed by atoms with Gasteiger partial charge in [-0.1, -0.05) is 36.4 Å². The van der Waals surface area contributed by atoms with E-state index in [-0.39, 0.29) is 11.9 Å². The van der Waals surface area contributed by atoms with E-state index in [2.05, 4.69) is 21.2 Å². The van der Waals surface area contributed by atoms with E-state index >= 15 is 0 Å². The Morgan fingerprint density at radius 1 is 1.24 bits per heavy atom. The number of hydrogen-bond donors (Lipinski definition) is 1. The third-order valence-corrected chi connectivity index (χ3v) is 4.00. The van der Waals surface area contributed by atoms with Crippen molar-refractivity contribution in [2.75, 3.05) is 19.0 Å². The van der Waals surface area contributed by atoms with Gasteiger partial charge in [0.05, 0.1) is 13.0 Å². The molecule has 0 heterocycles. The predicted octanol–water partition coefficient (Wildman–Crippen LogP) is 4.13. The van der Waals surface area contributed by atoms with Crippen LogP contribution in [0.4, 0.5) is 5.69 Å². The summed E-state index contributed by atoms with van der Waals surface area (Å²) in [6.07, 6.45) is 0. The summed E-state index contributed by atoms with van der Waals surface area (Å²) in [5, 5.41) is 3.32. The van der Waals surface area contributed by atoms with Crippen molar-refractivity contribution in [2.24, 2.45) is 0 Å². The van der Waals surface area contributed by atoms with Crippen molar-refractivity contribution >= 4 is 27.6 Å². The van der Waals surface area contributed by atoms with Crippen LogP contribution in [0, 0.1) is 6.92 Å². The molecule has 0 spiro atoms. The van der Waals surface area contributed by atoms with E-state index < -0.39 is 0 Å². The molecule has 1 unspecified atom stereocenters. The molecule has 0 fully saturated rings. The van der Waals surface area contributed by atoms with Crippen LogP contribution in [0.2, 0.25) is 0 Å². The van der Waals surface area contributed by atoms with Crippen molar-refractivity contribution in [3.8, 4) is 0 Å². The topological polar surface area (TPSA) is 38.3 Å². The second-order valence-electron chi connectivity index (χ2n) is 4.85. The molecule has 0 aliphatic rings. The van der Waals surface area contributed by atoms with Gasteiger partial charge in [0.2, 0.25) is 0 Å². The predicted molar refractivity (Wildman–Crippen MR) is 88.6 cm³/mol. The van der Waals surface area contributed by atoms with Gasteiger partial charge in [0.25, 0.3) is 0 Å². The summed E-state index contributed by atoms with van der Waals surface area (Å²) < 4.78 is 5.90. The third kappa shape index (κ3) is 4.08. The Kier molecular flexibility index (Phi) is 5.39. The number of hydrogen-bond acceptors (Lipinski definition) is 3. The quantitative estimate of drug-likeness (QED) is 0.826. The smallest absolute Gasteiger partial charge is 0.314 e. The fourth-order valence-electron chi connectivity index (χ4n) is 2.15. The van der Waals surface area contributed by atoms with Crippen LogP contribution in [-0.4, -0.2) is 19.6 Å². The second kappa shape index (κ2) is 7.27. The first kappa shape index (κ1) is 15.6. The van der Waals surface area contributed by atoms with E-state index in [0.717, 1.165) is 21.3 Å². The first-order valence-corrected chi connectivity index (χ1v) is 7.54. The van der Waals surface area contributed by atoms with E-state index in [1.54, 1.807) is 0 Å². The van der Waals surface area contributed by atoms with Crippen LogP contribution < -0.4 is 5.32 Å². The molecule has 110 valence electrons. The van der Waals surface area contributed by atoms with Gasteiger partial charge in [-0.15, -0.1) is 0 Å². The van der Waals surface area contributed by atoms with Crippen molar-refractivity contribution in [3.63, 3.8) is 0 Å². The van der Waals surface area contributed by atoms with Gasteiger partial charge in [-0.05, 0) is 46.1 Å². The van der Waals surface area contributed by atoms with Crippen molar-refractivity contribution in [2.45, 2.75) is 12.8 Å². The van der Waals surface area contributed by atoms with Crippen LogP contribution in [0.15, 0.2) is 53.0 Å². The number of esters is 1. The molecule has 0 aliphatic carbocycles. The fraction of sp³-hybridized carbons (Fsp3) is 0.235. The molecule has 2 aromatic rings. The van der Waals surface area contributed by atoms with Crippen LogP contribution in [0.1, 0.15) is 17.0 Å². The van der Waals surface area contributed by atoms with Crippen molar-refractivity contribution < 1.29 is 9.53 Å². The molecule has 0 saturated heterocycles. The zero-order valence-corrected chi connectivity index (χ0v) is 13.7. The number of benzene rings is 2. The Morgan fingerprint density at radius 2 is 1.95 bits per heavy atom. The summed E-state index contributed by atoms with van der Waals surface area (Å²) in [6, 6.07) is 15.7. The van der Waals surface area contributed by atoms with Gasteiger partial charge >= 0.3 is 5.97 Å². The van der Waals surface area contributed by atoms with Crippen molar-refractivity contribution in [3.05, 3.63) is 64.1 Å². The van der Waals surface area contributed by atoms with E-state index in [1.165, 1.54) is 7.11 Å². The highest BCUT2D eigenvalue weighted by molar-refractivity contribution is 9.10. The molecule has 21 heavy (non-hydrogen) atoms. The lowest BCUT2D eigenvalue weighted by atomic mass is 9.99. The third-order valence-electron chi connectivity index (χ3n) is 3.31. The molecule has 1 atom stereocenters. The minimum atomic E-state index is -0.330. The average molecular weight is 348 g/mol. The first-order chi connectivity index (χ1) is 10.1. The number of carbonyl (C=O) groups excluding carboxylic acids is 1. The number of halogens is 1. The highest BCUT2D eigenvalue weighted by Gasteiger charge is 2.21. The summed E-state index contributed by atoms with van der Waals surface area (Å²) in [7, 11) is 1.42. The monoisotopic (exact) mass is 347 g/mol. The zero-order valence-electron chi connectivity index (χ0n) is 12.1. The molecule has 0 radical (unpaired) electrons. The summed E-state index contributed by atoms with van der Waals surface area (Å²) in [4.78, 5) is 12.0. The van der Waals surface area contributed by atoms with Gasteiger partial charge in [0.15, 0.2) is 0 Å². The lowest BCUT2D eigenvalue weighted by Gasteiger charge is -2.17. The number of carbonyl (C=O) groups is 1. The standard InChI is InChI=1S/C17H18BrNO2/c1-12-8-9-15(18)16(10-12)19-11-14(17(20)21-2)13-6-4-3-5-7-13/h3-10,14,19H,11H2,1-2H3. The molecule has 0 amide bonds. The van der Waals surface area contributed by atoms with Crippen LogP contribution in [0.5, 0.6) is 0 Å². The lowest BCUT2D eigenvalue weighted by Crippen LogP contribution is -2.22. The van der Waals surface area contributed by atoms with E-state index in [9.17, 15) is 4.79 Å². The minimum absolute atomic E-state index is 0.238. The summed E-state index contributed by atoms with van der Waals surface area (Å²) in [6.45, 7) is 2.52. The Labute approximate surface area is 133 Å². The largest absolute Gasteiger partial charge is 0.468 e. The Bertz CT molecular complexity index is 613. The maximum absolute atomic E-state index is 12.0. The summed E-state index contributed by atoms with van der Waals surface area (Å²) in [5.41, 5.74) is 3.08. The van der Waals surface area contributed by atoms with Gasteiger partial charge in [-0.25, -0.2) is 0 Å². The molecule has 4 heteroatoms. The maximum Gasteiger partial charge on any atom is 0.314 e. The number of anilines is 1. The minimum Gasteiger partial charge on any atom is -0.468 e. The lowest BCUT2D eigenvalue weighted by molar-refractivity contribution is -0.142. The number of nitrogens with one attached hydrogen (secondary N) is 1.